The van der Waals surface area contributed by atoms with Crippen LogP contribution < -0.4 is 15.4 Å². The second-order valence-electron chi connectivity index (χ2n) is 4.94. The summed E-state index contributed by atoms with van der Waals surface area (Å²) in [5, 5.41) is 0. The average Bonchev–Trinajstić information content (AvgIpc) is 2.47. The molecule has 1 aliphatic rings. The summed E-state index contributed by atoms with van der Waals surface area (Å²) in [4.78, 5) is 13.2. The second-order valence-corrected chi connectivity index (χ2v) is 4.94. The Morgan fingerprint density at radius 1 is 1.35 bits per heavy atom. The zero-order valence-corrected chi connectivity index (χ0v) is 12.0. The largest absolute Gasteiger partial charge is 0.493 e. The van der Waals surface area contributed by atoms with Crippen LogP contribution in [0.1, 0.15) is 31.7 Å². The van der Waals surface area contributed by atoms with E-state index in [0.29, 0.717) is 6.61 Å². The van der Waals surface area contributed by atoms with Crippen LogP contribution in [0.3, 0.4) is 0 Å². The summed E-state index contributed by atoms with van der Waals surface area (Å²) >= 11 is 0. The number of piperidine rings is 1. The van der Waals surface area contributed by atoms with E-state index < -0.39 is 5.91 Å². The molecule has 2 rings (SSSR count). The van der Waals surface area contributed by atoms with E-state index in [1.165, 1.54) is 31.0 Å². The average molecular weight is 274 g/mol. The fraction of sp³-hybridized carbons (Fsp3) is 0.438. The van der Waals surface area contributed by atoms with Gasteiger partial charge in [-0.15, -0.1) is 0 Å². The van der Waals surface area contributed by atoms with Crippen molar-refractivity contribution in [2.75, 3.05) is 24.6 Å². The highest BCUT2D eigenvalue weighted by Gasteiger charge is 2.12. The van der Waals surface area contributed by atoms with Gasteiger partial charge in [0, 0.05) is 36.5 Å². The van der Waals surface area contributed by atoms with Gasteiger partial charge < -0.3 is 15.4 Å². The maximum absolute atomic E-state index is 10.8. The molecule has 0 saturated carbocycles. The number of primary amides is 1. The van der Waals surface area contributed by atoms with Gasteiger partial charge in [-0.05, 0) is 44.4 Å². The maximum Gasteiger partial charge on any atom is 0.241 e. The number of carbonyl (C=O) groups excluding carboxylic acids is 1. The first-order chi connectivity index (χ1) is 9.70. The minimum Gasteiger partial charge on any atom is -0.493 e. The lowest BCUT2D eigenvalue weighted by Gasteiger charge is -2.29. The molecule has 0 aromatic heterocycles. The fourth-order valence-corrected chi connectivity index (χ4v) is 2.46. The van der Waals surface area contributed by atoms with Gasteiger partial charge in [-0.25, -0.2) is 0 Å². The van der Waals surface area contributed by atoms with Crippen molar-refractivity contribution in [1.82, 2.24) is 0 Å². The van der Waals surface area contributed by atoms with Crippen LogP contribution in [0.4, 0.5) is 5.69 Å². The molecular formula is C16H22N2O2. The van der Waals surface area contributed by atoms with Crippen molar-refractivity contribution in [3.05, 3.63) is 29.8 Å². The van der Waals surface area contributed by atoms with E-state index in [1.54, 1.807) is 6.08 Å². The standard InChI is InChI=1S/C16H22N2O2/c1-2-20-15-12-14(18-10-4-3-5-11-18)8-6-13(15)7-9-16(17)19/h6-9,12H,2-5,10-11H2,1H3,(H2,17,19). The molecule has 0 atom stereocenters. The lowest BCUT2D eigenvalue weighted by atomic mass is 10.1. The number of hydrogen-bond acceptors (Lipinski definition) is 3. The van der Waals surface area contributed by atoms with Crippen molar-refractivity contribution in [3.63, 3.8) is 0 Å². The molecule has 0 unspecified atom stereocenters. The highest BCUT2D eigenvalue weighted by Crippen LogP contribution is 2.28. The predicted octanol–water partition coefficient (Wildman–Crippen LogP) is 2.57. The fourth-order valence-electron chi connectivity index (χ4n) is 2.46. The van der Waals surface area contributed by atoms with E-state index in [9.17, 15) is 4.79 Å². The monoisotopic (exact) mass is 274 g/mol. The van der Waals surface area contributed by atoms with Crippen LogP contribution in [0.25, 0.3) is 6.08 Å². The lowest BCUT2D eigenvalue weighted by molar-refractivity contribution is -0.113. The van der Waals surface area contributed by atoms with Gasteiger partial charge in [0.1, 0.15) is 5.75 Å². The third-order valence-electron chi connectivity index (χ3n) is 3.45. The molecule has 1 saturated heterocycles. The van der Waals surface area contributed by atoms with E-state index in [1.807, 2.05) is 13.0 Å². The van der Waals surface area contributed by atoms with Crippen LogP contribution in [0.5, 0.6) is 5.75 Å². The SMILES string of the molecule is CCOc1cc(N2CCCCC2)ccc1C=CC(N)=O. The summed E-state index contributed by atoms with van der Waals surface area (Å²) in [6.07, 6.45) is 6.86. The van der Waals surface area contributed by atoms with Crippen molar-refractivity contribution in [2.45, 2.75) is 26.2 Å². The Morgan fingerprint density at radius 2 is 2.10 bits per heavy atom. The number of benzene rings is 1. The molecule has 20 heavy (non-hydrogen) atoms. The Bertz CT molecular complexity index is 491. The molecular weight excluding hydrogens is 252 g/mol. The van der Waals surface area contributed by atoms with E-state index in [4.69, 9.17) is 10.5 Å². The molecule has 1 aliphatic heterocycles. The molecule has 0 radical (unpaired) electrons. The molecule has 1 amide bonds. The highest BCUT2D eigenvalue weighted by atomic mass is 16.5. The Balaban J connectivity index is 2.23. The maximum atomic E-state index is 10.8. The molecule has 2 N–H and O–H groups in total. The van der Waals surface area contributed by atoms with Gasteiger partial charge in [0.2, 0.25) is 5.91 Å². The molecule has 0 aliphatic carbocycles. The zero-order chi connectivity index (χ0) is 14.4. The summed E-state index contributed by atoms with van der Waals surface area (Å²) in [5.74, 6) is 0.348. The van der Waals surface area contributed by atoms with Gasteiger partial charge in [-0.2, -0.15) is 0 Å². The summed E-state index contributed by atoms with van der Waals surface area (Å²) in [6.45, 7) is 4.75. The molecule has 1 fully saturated rings. The first kappa shape index (κ1) is 14.4. The van der Waals surface area contributed by atoms with E-state index in [-0.39, 0.29) is 0 Å². The van der Waals surface area contributed by atoms with Gasteiger partial charge >= 0.3 is 0 Å². The van der Waals surface area contributed by atoms with Gasteiger partial charge in [-0.1, -0.05) is 0 Å². The normalized spacial score (nSPS) is 15.6. The van der Waals surface area contributed by atoms with Crippen LogP contribution in [0, 0.1) is 0 Å². The quantitative estimate of drug-likeness (QED) is 0.840. The number of carbonyl (C=O) groups is 1. The van der Waals surface area contributed by atoms with Crippen molar-refractivity contribution >= 4 is 17.7 Å². The smallest absolute Gasteiger partial charge is 0.241 e. The summed E-state index contributed by atoms with van der Waals surface area (Å²) in [5.41, 5.74) is 7.20. The number of nitrogens with two attached hydrogens (primary N) is 1. The zero-order valence-electron chi connectivity index (χ0n) is 12.0. The second kappa shape index (κ2) is 6.98. The Labute approximate surface area is 120 Å². The molecule has 0 bridgehead atoms. The topological polar surface area (TPSA) is 55.6 Å². The van der Waals surface area contributed by atoms with Crippen molar-refractivity contribution in [3.8, 4) is 5.75 Å². The molecule has 108 valence electrons. The van der Waals surface area contributed by atoms with Gasteiger partial charge in [0.05, 0.1) is 6.61 Å². The number of anilines is 1. The predicted molar refractivity (Wildman–Crippen MR) is 81.9 cm³/mol. The number of amides is 1. The first-order valence-electron chi connectivity index (χ1n) is 7.20. The van der Waals surface area contributed by atoms with Crippen LogP contribution in [-0.4, -0.2) is 25.6 Å². The van der Waals surface area contributed by atoms with Crippen molar-refractivity contribution in [1.29, 1.82) is 0 Å². The molecule has 0 spiro atoms. The third-order valence-corrected chi connectivity index (χ3v) is 3.45. The van der Waals surface area contributed by atoms with E-state index in [2.05, 4.69) is 17.0 Å². The number of rotatable bonds is 5. The van der Waals surface area contributed by atoms with E-state index >= 15 is 0 Å². The number of hydrogen-bond donors (Lipinski definition) is 1. The third kappa shape index (κ3) is 3.76. The van der Waals surface area contributed by atoms with Crippen molar-refractivity contribution < 1.29 is 9.53 Å². The van der Waals surface area contributed by atoms with Crippen molar-refractivity contribution in [2.24, 2.45) is 5.73 Å². The molecule has 1 aromatic carbocycles. The Morgan fingerprint density at radius 3 is 2.75 bits per heavy atom. The number of ether oxygens (including phenoxy) is 1. The molecule has 1 aromatic rings. The number of nitrogens with zero attached hydrogens (tertiary/aromatic N) is 1. The van der Waals surface area contributed by atoms with Crippen LogP contribution in [0.2, 0.25) is 0 Å². The molecule has 1 heterocycles. The van der Waals surface area contributed by atoms with Crippen LogP contribution >= 0.6 is 0 Å². The van der Waals surface area contributed by atoms with E-state index in [0.717, 1.165) is 24.4 Å². The summed E-state index contributed by atoms with van der Waals surface area (Å²) in [6, 6.07) is 6.11. The Hall–Kier alpha value is -1.97. The van der Waals surface area contributed by atoms with Gasteiger partial charge in [0.15, 0.2) is 0 Å². The summed E-state index contributed by atoms with van der Waals surface area (Å²) < 4.78 is 5.67. The minimum atomic E-state index is -0.451. The van der Waals surface area contributed by atoms with Crippen LogP contribution in [-0.2, 0) is 4.79 Å². The van der Waals surface area contributed by atoms with Gasteiger partial charge in [0.25, 0.3) is 0 Å². The minimum absolute atomic E-state index is 0.451. The van der Waals surface area contributed by atoms with Gasteiger partial charge in [-0.3, -0.25) is 4.79 Å². The lowest BCUT2D eigenvalue weighted by Crippen LogP contribution is -2.29. The Kier molecular flexibility index (Phi) is 5.04. The highest BCUT2D eigenvalue weighted by molar-refractivity contribution is 5.90. The molecule has 4 heteroatoms. The van der Waals surface area contributed by atoms with Crippen LogP contribution in [0.15, 0.2) is 24.3 Å². The molecule has 4 nitrogen and oxygen atoms in total. The summed E-state index contributed by atoms with van der Waals surface area (Å²) in [7, 11) is 0. The first-order valence-corrected chi connectivity index (χ1v) is 7.20.